The minimum atomic E-state index is -3.28. The fourth-order valence-corrected chi connectivity index (χ4v) is 4.82. The zero-order valence-corrected chi connectivity index (χ0v) is 16.2. The van der Waals surface area contributed by atoms with Crippen LogP contribution in [0.5, 0.6) is 0 Å². The third-order valence-corrected chi connectivity index (χ3v) is 6.28. The quantitative estimate of drug-likeness (QED) is 0.810. The van der Waals surface area contributed by atoms with Gasteiger partial charge in [0.25, 0.3) is 0 Å². The normalized spacial score (nSPS) is 23.4. The Morgan fingerprint density at radius 2 is 2.04 bits per heavy atom. The minimum absolute atomic E-state index is 0.0967. The summed E-state index contributed by atoms with van der Waals surface area (Å²) in [5, 5.41) is 4.13. The van der Waals surface area contributed by atoms with E-state index in [0.29, 0.717) is 23.1 Å². The van der Waals surface area contributed by atoms with Crippen LogP contribution in [0.1, 0.15) is 36.4 Å². The van der Waals surface area contributed by atoms with Gasteiger partial charge in [-0.15, -0.1) is 0 Å². The molecule has 0 radical (unpaired) electrons. The molecule has 1 aromatic carbocycles. The van der Waals surface area contributed by atoms with E-state index in [1.165, 1.54) is 0 Å². The fourth-order valence-electron chi connectivity index (χ4n) is 3.58. The van der Waals surface area contributed by atoms with Gasteiger partial charge in [-0.3, -0.25) is 0 Å². The first-order valence-corrected chi connectivity index (χ1v) is 10.9. The van der Waals surface area contributed by atoms with Crippen molar-refractivity contribution in [3.05, 3.63) is 33.3 Å². The Balaban J connectivity index is 1.65. The number of nitrogens with zero attached hydrogens (tertiary/aromatic N) is 1. The Morgan fingerprint density at radius 3 is 2.76 bits per heavy atom. The second-order valence-electron chi connectivity index (χ2n) is 6.65. The number of hydrogen-bond acceptors (Lipinski definition) is 3. The molecule has 138 valence electrons. The Hall–Kier alpha value is -1.02. The zero-order chi connectivity index (χ0) is 18.2. The number of carbonyl (C=O) groups excluding carboxylic acids is 1. The van der Waals surface area contributed by atoms with Crippen molar-refractivity contribution in [2.75, 3.05) is 19.3 Å². The van der Waals surface area contributed by atoms with Crippen LogP contribution in [0.2, 0.25) is 10.0 Å². The lowest BCUT2D eigenvalue weighted by Crippen LogP contribution is -2.52. The van der Waals surface area contributed by atoms with Gasteiger partial charge in [-0.2, -0.15) is 0 Å². The molecule has 1 heterocycles. The van der Waals surface area contributed by atoms with Crippen molar-refractivity contribution in [2.24, 2.45) is 0 Å². The Labute approximate surface area is 157 Å². The van der Waals surface area contributed by atoms with Gasteiger partial charge in [0.15, 0.2) is 0 Å². The SMILES string of the molecule is CS(=O)(=O)NC1CCCN(C(=O)NC2CCc3c2ccc(Cl)c3Cl)C1. The van der Waals surface area contributed by atoms with E-state index in [1.54, 1.807) is 11.0 Å². The summed E-state index contributed by atoms with van der Waals surface area (Å²) in [4.78, 5) is 14.3. The first kappa shape index (κ1) is 18.8. The molecule has 0 saturated carbocycles. The highest BCUT2D eigenvalue weighted by Gasteiger charge is 2.30. The highest BCUT2D eigenvalue weighted by molar-refractivity contribution is 7.88. The summed E-state index contributed by atoms with van der Waals surface area (Å²) < 4.78 is 25.4. The molecule has 2 unspecified atom stereocenters. The number of urea groups is 1. The van der Waals surface area contributed by atoms with E-state index in [9.17, 15) is 13.2 Å². The number of amides is 2. The fraction of sp³-hybridized carbons (Fsp3) is 0.562. The van der Waals surface area contributed by atoms with E-state index in [0.717, 1.165) is 43.1 Å². The average molecular weight is 406 g/mol. The molecule has 1 aliphatic carbocycles. The van der Waals surface area contributed by atoms with Crippen LogP contribution in [0.4, 0.5) is 4.79 Å². The van der Waals surface area contributed by atoms with Gasteiger partial charge in [-0.1, -0.05) is 29.3 Å². The van der Waals surface area contributed by atoms with Crippen LogP contribution in [0.15, 0.2) is 12.1 Å². The molecule has 3 rings (SSSR count). The Kier molecular flexibility index (Phi) is 5.48. The summed E-state index contributed by atoms with van der Waals surface area (Å²) in [6, 6.07) is 3.15. The van der Waals surface area contributed by atoms with Gasteiger partial charge in [0.2, 0.25) is 10.0 Å². The Morgan fingerprint density at radius 1 is 1.28 bits per heavy atom. The summed E-state index contributed by atoms with van der Waals surface area (Å²) in [7, 11) is -3.28. The van der Waals surface area contributed by atoms with Crippen LogP contribution >= 0.6 is 23.2 Å². The van der Waals surface area contributed by atoms with E-state index >= 15 is 0 Å². The Bertz CT molecular complexity index is 785. The van der Waals surface area contributed by atoms with E-state index < -0.39 is 10.0 Å². The summed E-state index contributed by atoms with van der Waals surface area (Å²) in [6.07, 6.45) is 4.19. The maximum atomic E-state index is 12.6. The highest BCUT2D eigenvalue weighted by atomic mass is 35.5. The van der Waals surface area contributed by atoms with Crippen molar-refractivity contribution in [1.29, 1.82) is 0 Å². The number of likely N-dealkylation sites (tertiary alicyclic amines) is 1. The molecule has 2 atom stereocenters. The van der Waals surface area contributed by atoms with Gasteiger partial charge >= 0.3 is 6.03 Å². The predicted molar refractivity (Wildman–Crippen MR) is 98.6 cm³/mol. The number of rotatable bonds is 3. The molecular weight excluding hydrogens is 385 g/mol. The van der Waals surface area contributed by atoms with Crippen molar-refractivity contribution in [3.8, 4) is 0 Å². The van der Waals surface area contributed by atoms with Crippen LogP contribution in [0, 0.1) is 0 Å². The molecule has 2 amide bonds. The van der Waals surface area contributed by atoms with Gasteiger partial charge in [0, 0.05) is 19.1 Å². The maximum absolute atomic E-state index is 12.6. The summed E-state index contributed by atoms with van der Waals surface area (Å²) in [6.45, 7) is 0.995. The second-order valence-corrected chi connectivity index (χ2v) is 9.21. The van der Waals surface area contributed by atoms with Crippen LogP contribution in [0.25, 0.3) is 0 Å². The number of sulfonamides is 1. The maximum Gasteiger partial charge on any atom is 0.317 e. The van der Waals surface area contributed by atoms with Crippen LogP contribution in [0.3, 0.4) is 0 Å². The van der Waals surface area contributed by atoms with Crippen molar-refractivity contribution in [1.82, 2.24) is 14.9 Å². The van der Waals surface area contributed by atoms with E-state index in [1.807, 2.05) is 6.07 Å². The van der Waals surface area contributed by atoms with Crippen molar-refractivity contribution in [3.63, 3.8) is 0 Å². The van der Waals surface area contributed by atoms with Gasteiger partial charge in [-0.25, -0.2) is 17.9 Å². The standard InChI is InChI=1S/C16H21Cl2N3O3S/c1-25(23,24)20-10-3-2-8-21(9-10)16(22)19-14-7-5-12-11(14)4-6-13(17)15(12)18/h4,6,10,14,20H,2-3,5,7-9H2,1H3,(H,19,22). The average Bonchev–Trinajstić information content (AvgIpc) is 2.93. The summed E-state index contributed by atoms with van der Waals surface area (Å²) in [5.74, 6) is 0. The van der Waals surface area contributed by atoms with Gasteiger partial charge in [0.1, 0.15) is 0 Å². The molecule has 2 N–H and O–H groups in total. The lowest BCUT2D eigenvalue weighted by Gasteiger charge is -2.33. The molecule has 1 saturated heterocycles. The number of piperidine rings is 1. The first-order valence-electron chi connectivity index (χ1n) is 8.24. The third-order valence-electron chi connectivity index (χ3n) is 4.68. The highest BCUT2D eigenvalue weighted by Crippen LogP contribution is 2.39. The number of halogens is 2. The number of fused-ring (bicyclic) bond motifs is 1. The van der Waals surface area contributed by atoms with Crippen LogP contribution in [-0.2, 0) is 16.4 Å². The van der Waals surface area contributed by atoms with Crippen LogP contribution in [-0.4, -0.2) is 44.7 Å². The smallest absolute Gasteiger partial charge is 0.317 e. The van der Waals surface area contributed by atoms with E-state index in [4.69, 9.17) is 23.2 Å². The predicted octanol–water partition coefficient (Wildman–Crippen LogP) is 2.70. The molecule has 1 aromatic rings. The summed E-state index contributed by atoms with van der Waals surface area (Å²) >= 11 is 12.3. The molecular formula is C16H21Cl2N3O3S. The zero-order valence-electron chi connectivity index (χ0n) is 13.9. The lowest BCUT2D eigenvalue weighted by atomic mass is 10.1. The van der Waals surface area contributed by atoms with E-state index in [-0.39, 0.29) is 18.1 Å². The van der Waals surface area contributed by atoms with E-state index in [2.05, 4.69) is 10.0 Å². The van der Waals surface area contributed by atoms with Gasteiger partial charge in [0.05, 0.1) is 22.3 Å². The summed E-state index contributed by atoms with van der Waals surface area (Å²) in [5.41, 5.74) is 2.00. The molecule has 9 heteroatoms. The lowest BCUT2D eigenvalue weighted by molar-refractivity contribution is 0.173. The monoisotopic (exact) mass is 405 g/mol. The van der Waals surface area contributed by atoms with Crippen molar-refractivity contribution < 1.29 is 13.2 Å². The molecule has 1 aliphatic heterocycles. The molecule has 0 aromatic heterocycles. The number of carbonyl (C=O) groups is 1. The minimum Gasteiger partial charge on any atom is -0.331 e. The van der Waals surface area contributed by atoms with Crippen LogP contribution < -0.4 is 10.0 Å². The second kappa shape index (κ2) is 7.31. The molecule has 0 bridgehead atoms. The molecule has 1 fully saturated rings. The largest absolute Gasteiger partial charge is 0.331 e. The molecule has 2 aliphatic rings. The van der Waals surface area contributed by atoms with Crippen molar-refractivity contribution in [2.45, 2.75) is 37.8 Å². The van der Waals surface area contributed by atoms with Gasteiger partial charge in [-0.05, 0) is 42.9 Å². The van der Waals surface area contributed by atoms with Crippen molar-refractivity contribution >= 4 is 39.3 Å². The molecule has 6 nitrogen and oxygen atoms in total. The number of hydrogen-bond donors (Lipinski definition) is 2. The topological polar surface area (TPSA) is 78.5 Å². The third kappa shape index (κ3) is 4.39. The number of nitrogens with one attached hydrogen (secondary N) is 2. The molecule has 25 heavy (non-hydrogen) atoms. The number of benzene rings is 1. The van der Waals surface area contributed by atoms with Gasteiger partial charge < -0.3 is 10.2 Å². The first-order chi connectivity index (χ1) is 11.7. The molecule has 0 spiro atoms.